The van der Waals surface area contributed by atoms with Gasteiger partial charge >= 0.3 is 0 Å². The van der Waals surface area contributed by atoms with Gasteiger partial charge in [0.25, 0.3) is 0 Å². The summed E-state index contributed by atoms with van der Waals surface area (Å²) in [6.45, 7) is 2.62. The van der Waals surface area contributed by atoms with Gasteiger partial charge in [-0.15, -0.1) is 0 Å². The quantitative estimate of drug-likeness (QED) is 0.0205. The summed E-state index contributed by atoms with van der Waals surface area (Å²) in [5, 5.41) is 86.9. The summed E-state index contributed by atoms with van der Waals surface area (Å²) in [7, 11) is 0. The standard InChI is InChI=1S/C63H107NO13/c1-3-5-7-9-11-13-15-17-18-19-20-21-22-23-24-25-26-27-28-29-30-31-32-33-34-35-37-39-41-43-45-47-55(68)64-51(52(67)46-44-42-40-38-36-16-14-12-10-8-6-4-2)50-74-62-60(73)58(71)61(54(49-66)76-62)77-63-59(72)57(70)56(69)53(48-65)75-63/h5,7,11,13,17-18,20-21,23-24,26-27,36,38,44,46,51-54,56-63,65-67,69-73H,3-4,6,8-10,12,14-16,19,22,25,28-35,37,39-43,45,47-50H2,1-2H3,(H,64,68)/b7-5-,13-11-,18-17-,21-20-,24-23-,27-26-,38-36+,46-44+. The van der Waals surface area contributed by atoms with E-state index < -0.39 is 86.8 Å². The molecule has 0 spiro atoms. The van der Waals surface area contributed by atoms with Crippen LogP contribution in [0, 0.1) is 0 Å². The number of aliphatic hydroxyl groups excluding tert-OH is 8. The highest BCUT2D eigenvalue weighted by molar-refractivity contribution is 5.76. The number of amides is 1. The molecule has 2 heterocycles. The van der Waals surface area contributed by atoms with Crippen molar-refractivity contribution in [3.05, 3.63) is 97.2 Å². The van der Waals surface area contributed by atoms with Gasteiger partial charge in [-0.3, -0.25) is 4.79 Å². The minimum Gasteiger partial charge on any atom is -0.394 e. The zero-order valence-electron chi connectivity index (χ0n) is 47.4. The monoisotopic (exact) mass is 1090 g/mol. The normalized spacial score (nSPS) is 25.4. The Kier molecular flexibility index (Phi) is 43.4. The van der Waals surface area contributed by atoms with E-state index in [1.165, 1.54) is 89.9 Å². The van der Waals surface area contributed by atoms with Crippen LogP contribution < -0.4 is 5.32 Å². The first-order valence-corrected chi connectivity index (χ1v) is 30.0. The minimum atomic E-state index is -1.79. The third-order valence-electron chi connectivity index (χ3n) is 14.0. The van der Waals surface area contributed by atoms with Crippen molar-refractivity contribution in [3.8, 4) is 0 Å². The molecule has 77 heavy (non-hydrogen) atoms. The molecule has 14 heteroatoms. The zero-order valence-corrected chi connectivity index (χ0v) is 47.4. The van der Waals surface area contributed by atoms with Crippen LogP contribution in [-0.4, -0.2) is 140 Å². The Morgan fingerprint density at radius 3 is 1.43 bits per heavy atom. The number of rotatable bonds is 46. The molecule has 442 valence electrons. The number of hydrogen-bond donors (Lipinski definition) is 9. The predicted molar refractivity (Wildman–Crippen MR) is 309 cm³/mol. The van der Waals surface area contributed by atoms with E-state index in [-0.39, 0.29) is 18.9 Å². The number of hydrogen-bond acceptors (Lipinski definition) is 13. The highest BCUT2D eigenvalue weighted by atomic mass is 16.7. The van der Waals surface area contributed by atoms with Gasteiger partial charge in [0.1, 0.15) is 48.8 Å². The fraction of sp³-hybridized carbons (Fsp3) is 0.730. The summed E-state index contributed by atoms with van der Waals surface area (Å²) in [6.07, 6.45) is 48.9. The summed E-state index contributed by atoms with van der Waals surface area (Å²) in [4.78, 5) is 13.2. The van der Waals surface area contributed by atoms with E-state index in [1.54, 1.807) is 6.08 Å². The van der Waals surface area contributed by atoms with Crippen LogP contribution >= 0.6 is 0 Å². The Bertz CT molecular complexity index is 1660. The molecule has 0 aromatic rings. The molecular formula is C63H107NO13. The van der Waals surface area contributed by atoms with Gasteiger partial charge in [-0.1, -0.05) is 207 Å². The number of carbonyl (C=O) groups excluding carboxylic acids is 1. The predicted octanol–water partition coefficient (Wildman–Crippen LogP) is 10.3. The maximum Gasteiger partial charge on any atom is 0.220 e. The fourth-order valence-electron chi connectivity index (χ4n) is 9.19. The Morgan fingerprint density at radius 1 is 0.481 bits per heavy atom. The van der Waals surface area contributed by atoms with Crippen LogP contribution in [-0.2, 0) is 23.7 Å². The molecule has 0 aromatic carbocycles. The third kappa shape index (κ3) is 33.3. The van der Waals surface area contributed by atoms with E-state index in [1.807, 2.05) is 6.08 Å². The Morgan fingerprint density at radius 2 is 0.909 bits per heavy atom. The van der Waals surface area contributed by atoms with Crippen LogP contribution in [0.1, 0.15) is 200 Å². The van der Waals surface area contributed by atoms with E-state index in [2.05, 4.69) is 104 Å². The van der Waals surface area contributed by atoms with Gasteiger partial charge in [0.05, 0.1) is 32.0 Å². The van der Waals surface area contributed by atoms with Crippen LogP contribution in [0.2, 0.25) is 0 Å². The zero-order chi connectivity index (χ0) is 56.0. The van der Waals surface area contributed by atoms with Crippen LogP contribution in [0.15, 0.2) is 97.2 Å². The van der Waals surface area contributed by atoms with E-state index in [0.717, 1.165) is 77.0 Å². The lowest BCUT2D eigenvalue weighted by atomic mass is 9.97. The molecule has 2 aliphatic rings. The lowest BCUT2D eigenvalue weighted by molar-refractivity contribution is -0.359. The van der Waals surface area contributed by atoms with Crippen molar-refractivity contribution in [2.24, 2.45) is 0 Å². The number of carbonyl (C=O) groups is 1. The van der Waals surface area contributed by atoms with Gasteiger partial charge in [0.15, 0.2) is 12.6 Å². The smallest absolute Gasteiger partial charge is 0.220 e. The lowest BCUT2D eigenvalue weighted by Gasteiger charge is -2.46. The van der Waals surface area contributed by atoms with Crippen molar-refractivity contribution in [2.45, 2.75) is 274 Å². The fourth-order valence-corrected chi connectivity index (χ4v) is 9.19. The summed E-state index contributed by atoms with van der Waals surface area (Å²) in [5.74, 6) is -0.257. The molecule has 0 radical (unpaired) electrons. The van der Waals surface area contributed by atoms with Gasteiger partial charge in [-0.2, -0.15) is 0 Å². The summed E-state index contributed by atoms with van der Waals surface area (Å²) < 4.78 is 22.7. The van der Waals surface area contributed by atoms with Crippen molar-refractivity contribution in [1.82, 2.24) is 5.32 Å². The number of nitrogens with one attached hydrogen (secondary N) is 1. The summed E-state index contributed by atoms with van der Waals surface area (Å²) >= 11 is 0. The molecule has 12 unspecified atom stereocenters. The Hall–Kier alpha value is -3.09. The Labute approximate surface area is 464 Å². The molecule has 0 bridgehead atoms. The van der Waals surface area contributed by atoms with Crippen LogP contribution in [0.5, 0.6) is 0 Å². The molecule has 9 N–H and O–H groups in total. The first-order valence-electron chi connectivity index (χ1n) is 30.0. The van der Waals surface area contributed by atoms with Crippen LogP contribution in [0.3, 0.4) is 0 Å². The average molecular weight is 1090 g/mol. The molecule has 12 atom stereocenters. The number of aliphatic hydroxyl groups is 8. The second-order valence-electron chi connectivity index (χ2n) is 20.7. The largest absolute Gasteiger partial charge is 0.394 e. The molecule has 1 amide bonds. The molecule has 2 aliphatic heterocycles. The van der Waals surface area contributed by atoms with Crippen molar-refractivity contribution >= 4 is 5.91 Å². The van der Waals surface area contributed by atoms with Crippen molar-refractivity contribution in [1.29, 1.82) is 0 Å². The number of ether oxygens (including phenoxy) is 4. The summed E-state index contributed by atoms with van der Waals surface area (Å²) in [5.41, 5.74) is 0. The van der Waals surface area contributed by atoms with Crippen LogP contribution in [0.4, 0.5) is 0 Å². The first kappa shape index (κ1) is 70.0. The highest BCUT2D eigenvalue weighted by Gasteiger charge is 2.51. The second-order valence-corrected chi connectivity index (χ2v) is 20.7. The molecule has 0 aromatic heterocycles. The first-order chi connectivity index (χ1) is 37.6. The number of unbranched alkanes of at least 4 members (excludes halogenated alkanes) is 19. The third-order valence-corrected chi connectivity index (χ3v) is 14.0. The van der Waals surface area contributed by atoms with Gasteiger partial charge in [-0.25, -0.2) is 0 Å². The SMILES string of the molecule is CC/C=C\C/C=C\C/C=C\C/C=C\C/C=C\C/C=C\CCCCCCCCCCCCCCC(=O)NC(COC1OC(CO)C(OC2OC(CO)C(O)C(O)C2O)C(O)C1O)C(O)/C=C/CC/C=C/CCCCCCCC. The lowest BCUT2D eigenvalue weighted by Crippen LogP contribution is -2.65. The second kappa shape index (κ2) is 47.7. The van der Waals surface area contributed by atoms with Gasteiger partial charge in [-0.05, 0) is 83.5 Å². The van der Waals surface area contributed by atoms with E-state index in [0.29, 0.717) is 12.8 Å². The van der Waals surface area contributed by atoms with Gasteiger partial charge in [0.2, 0.25) is 5.91 Å². The van der Waals surface area contributed by atoms with Crippen molar-refractivity contribution < 1.29 is 64.6 Å². The Balaban J connectivity index is 1.68. The van der Waals surface area contributed by atoms with E-state index >= 15 is 0 Å². The molecule has 0 aliphatic carbocycles. The van der Waals surface area contributed by atoms with Crippen LogP contribution in [0.25, 0.3) is 0 Å². The summed E-state index contributed by atoms with van der Waals surface area (Å²) in [6, 6.07) is -0.937. The van der Waals surface area contributed by atoms with Gasteiger partial charge < -0.3 is 65.1 Å². The molecule has 0 saturated carbocycles. The molecular weight excluding hydrogens is 979 g/mol. The van der Waals surface area contributed by atoms with Gasteiger partial charge in [0, 0.05) is 6.42 Å². The van der Waals surface area contributed by atoms with Crippen molar-refractivity contribution in [2.75, 3.05) is 19.8 Å². The number of allylic oxidation sites excluding steroid dienone is 15. The maximum absolute atomic E-state index is 13.2. The van der Waals surface area contributed by atoms with E-state index in [9.17, 15) is 45.6 Å². The highest BCUT2D eigenvalue weighted by Crippen LogP contribution is 2.30. The maximum atomic E-state index is 13.2. The average Bonchev–Trinajstić information content (AvgIpc) is 3.43. The topological polar surface area (TPSA) is 228 Å². The van der Waals surface area contributed by atoms with E-state index in [4.69, 9.17) is 18.9 Å². The minimum absolute atomic E-state index is 0.257. The van der Waals surface area contributed by atoms with Crippen molar-refractivity contribution in [3.63, 3.8) is 0 Å². The molecule has 14 nitrogen and oxygen atoms in total. The molecule has 2 saturated heterocycles. The molecule has 2 fully saturated rings. The molecule has 2 rings (SSSR count).